The van der Waals surface area contributed by atoms with Gasteiger partial charge >= 0.3 is 5.97 Å². The Morgan fingerprint density at radius 3 is 1.02 bits per heavy atom. The van der Waals surface area contributed by atoms with E-state index in [2.05, 4.69) is 68.5 Å². The molecule has 0 fully saturated rings. The Bertz CT molecular complexity index is 4410. The van der Waals surface area contributed by atoms with Crippen molar-refractivity contribution in [3.05, 3.63) is 197 Å². The van der Waals surface area contributed by atoms with E-state index in [0.717, 1.165) is 10.9 Å². The summed E-state index contributed by atoms with van der Waals surface area (Å²) in [6.07, 6.45) is 10.8. The van der Waals surface area contributed by atoms with Crippen LogP contribution in [0.3, 0.4) is 0 Å². The van der Waals surface area contributed by atoms with E-state index >= 15 is 19.2 Å². The highest BCUT2D eigenvalue weighted by Gasteiger charge is 2.35. The number of carboxylic acids is 1. The van der Waals surface area contributed by atoms with E-state index in [1.165, 1.54) is 39.0 Å². The molecule has 590 valence electrons. The van der Waals surface area contributed by atoms with Crippen LogP contribution in [-0.2, 0) is 70.4 Å². The minimum absolute atomic E-state index is 0.00924. The SMILES string of the molecule is CC(=O)N[C@@H](CCCCN)C(=O)N[C@@H](Cc1c[nH]c2ccccc12)C(=O)N/C(=C/c1ccccc1)C(=O)N[C@@H](Cc1c[nH]c2ccccc12)C(=O)N[C@@H](CCCCN)C(=O)N/C(=C/c1ccccc1)C(=O)N[C@@H](C)C(=O)N[C@@H](CCCCN)C(=O)N/C(=C/c1ccccc1)C(=O)N[C@@H](C)C(=O)N[C@@H](CCCCN)C(=O)O. The van der Waals surface area contributed by atoms with Crippen molar-refractivity contribution in [1.82, 2.24) is 68.5 Å². The molecule has 8 atom stereocenters. The predicted octanol–water partition coefficient (Wildman–Crippen LogP) is 3.45. The first-order valence-electron chi connectivity index (χ1n) is 37.3. The van der Waals surface area contributed by atoms with Crippen LogP contribution in [-0.4, -0.2) is 161 Å². The second kappa shape index (κ2) is 45.0. The molecule has 11 amide bonds. The van der Waals surface area contributed by atoms with Crippen LogP contribution in [0.1, 0.15) is 126 Å². The van der Waals surface area contributed by atoms with Crippen molar-refractivity contribution in [3.8, 4) is 0 Å². The van der Waals surface area contributed by atoms with Gasteiger partial charge in [0.15, 0.2) is 0 Å². The zero-order valence-corrected chi connectivity index (χ0v) is 62.7. The number of aromatic nitrogens is 2. The van der Waals surface area contributed by atoms with Crippen LogP contribution >= 0.6 is 0 Å². The lowest BCUT2D eigenvalue weighted by Gasteiger charge is -2.25. The molecule has 2 aromatic heterocycles. The number of aliphatic carboxylic acids is 1. The van der Waals surface area contributed by atoms with Crippen LogP contribution in [0.2, 0.25) is 0 Å². The number of rotatable bonds is 45. The zero-order chi connectivity index (χ0) is 80.2. The van der Waals surface area contributed by atoms with Crippen molar-refractivity contribution >= 4 is 111 Å². The Morgan fingerprint density at radius 1 is 0.351 bits per heavy atom. The van der Waals surface area contributed by atoms with E-state index in [0.29, 0.717) is 96.8 Å². The van der Waals surface area contributed by atoms with Gasteiger partial charge in [0.1, 0.15) is 65.4 Å². The van der Waals surface area contributed by atoms with Crippen molar-refractivity contribution in [3.63, 3.8) is 0 Å². The molecule has 0 aliphatic rings. The number of amides is 11. The number of carboxylic acid groups (broad SMARTS) is 1. The van der Waals surface area contributed by atoms with Gasteiger partial charge in [0.2, 0.25) is 47.3 Å². The van der Waals surface area contributed by atoms with Gasteiger partial charge in [0, 0.05) is 54.0 Å². The number of carbonyl (C=O) groups excluding carboxylic acids is 11. The lowest BCUT2D eigenvalue weighted by atomic mass is 10.0. The molecule has 0 bridgehead atoms. The molecule has 111 heavy (non-hydrogen) atoms. The quantitative estimate of drug-likeness (QED) is 0.0192. The van der Waals surface area contributed by atoms with Gasteiger partial charge in [-0.2, -0.15) is 0 Å². The maximum Gasteiger partial charge on any atom is 0.326 e. The number of hydrogen-bond acceptors (Lipinski definition) is 16. The standard InChI is InChI=1S/C81H103N17O13/c1-50(71(100)91-63(36-18-22-40-83)74(103)94-66(43-53-25-7-4-8-26-53)77(106)89-51(2)72(101)93-65(81(110)111)38-20-24-42-85)88-76(105)67(44-54-27-9-5-10-28-54)95-75(104)64(37-19-23-41-84)92-79(108)69(46-56-48-86-60-33-15-13-31-58(56)60)98-78(107)68(45-55-29-11-6-12-30-55)96-80(109)70(47-57-49-87-61-34-16-14-32-59(57)61)97-73(102)62(90-52(3)99)35-17-21-39-82/h4-16,25-34,43-45,48-51,62-65,69-70,86-87H,17-24,35-42,46-47,82-85H2,1-3H3,(H,88,105)(H,89,106)(H,90,99)(H,91,100)(H,92,108)(H,93,101)(H,94,103)(H,95,104)(H,96,109)(H,97,102)(H,98,107)(H,110,111)/b66-43+,67-44+,68-45+/t50-,51-,62-,63-,64-,65-,69-,70-/m0/s1. The van der Waals surface area contributed by atoms with Crippen LogP contribution in [0.5, 0.6) is 0 Å². The second-order valence-electron chi connectivity index (χ2n) is 26.9. The Balaban J connectivity index is 1.15. The maximum atomic E-state index is 15.4. The fourth-order valence-corrected chi connectivity index (χ4v) is 12.1. The topological polar surface area (TPSA) is 493 Å². The lowest BCUT2D eigenvalue weighted by molar-refractivity contribution is -0.142. The fourth-order valence-electron chi connectivity index (χ4n) is 12.1. The molecule has 30 nitrogen and oxygen atoms in total. The highest BCUT2D eigenvalue weighted by Crippen LogP contribution is 2.23. The molecule has 0 spiro atoms. The predicted molar refractivity (Wildman–Crippen MR) is 423 cm³/mol. The van der Waals surface area contributed by atoms with E-state index < -0.39 is 119 Å². The van der Waals surface area contributed by atoms with E-state index in [4.69, 9.17) is 22.9 Å². The Labute approximate surface area is 644 Å². The second-order valence-corrected chi connectivity index (χ2v) is 26.9. The average Bonchev–Trinajstić information content (AvgIpc) is 1.75. The Hall–Kier alpha value is -12.1. The van der Waals surface area contributed by atoms with Gasteiger partial charge in [-0.1, -0.05) is 127 Å². The molecular weight excluding hydrogens is 1420 g/mol. The van der Waals surface area contributed by atoms with Gasteiger partial charge in [-0.25, -0.2) is 4.79 Å². The van der Waals surface area contributed by atoms with Gasteiger partial charge in [0.25, 0.3) is 17.7 Å². The molecule has 22 N–H and O–H groups in total. The van der Waals surface area contributed by atoms with Crippen LogP contribution in [0.15, 0.2) is 169 Å². The highest BCUT2D eigenvalue weighted by atomic mass is 16.4. The van der Waals surface area contributed by atoms with Crippen molar-refractivity contribution in [1.29, 1.82) is 0 Å². The minimum Gasteiger partial charge on any atom is -0.480 e. The molecule has 0 radical (unpaired) electrons. The molecule has 5 aromatic carbocycles. The summed E-state index contributed by atoms with van der Waals surface area (Å²) in [7, 11) is 0. The first kappa shape index (κ1) is 86.1. The van der Waals surface area contributed by atoms with Gasteiger partial charge in [-0.15, -0.1) is 0 Å². The third-order valence-electron chi connectivity index (χ3n) is 18.1. The smallest absolute Gasteiger partial charge is 0.326 e. The number of para-hydroxylation sites is 2. The monoisotopic (exact) mass is 1520 g/mol. The van der Waals surface area contributed by atoms with Gasteiger partial charge < -0.3 is 96.5 Å². The highest BCUT2D eigenvalue weighted by molar-refractivity contribution is 6.08. The summed E-state index contributed by atoms with van der Waals surface area (Å²) in [5, 5.41) is 40.7. The van der Waals surface area contributed by atoms with Crippen molar-refractivity contribution in [2.45, 2.75) is 159 Å². The molecule has 7 rings (SSSR count). The number of unbranched alkanes of at least 4 members (excludes halogenated alkanes) is 4. The third kappa shape index (κ3) is 27.8. The van der Waals surface area contributed by atoms with E-state index in [-0.39, 0.29) is 75.1 Å². The van der Waals surface area contributed by atoms with E-state index in [9.17, 15) is 43.5 Å². The third-order valence-corrected chi connectivity index (χ3v) is 18.1. The van der Waals surface area contributed by atoms with E-state index in [1.54, 1.807) is 109 Å². The minimum atomic E-state index is -1.52. The molecule has 0 aliphatic carbocycles. The van der Waals surface area contributed by atoms with Crippen molar-refractivity contribution in [2.75, 3.05) is 26.2 Å². The van der Waals surface area contributed by atoms with Crippen LogP contribution < -0.4 is 81.4 Å². The van der Waals surface area contributed by atoms with Crippen molar-refractivity contribution < 1.29 is 62.6 Å². The molecular formula is C81H103N17O13. The number of nitrogens with two attached hydrogens (primary N) is 4. The summed E-state index contributed by atoms with van der Waals surface area (Å²) in [6.45, 7) is 5.04. The number of carbonyl (C=O) groups is 12. The number of hydrogen-bond donors (Lipinski definition) is 18. The average molecular weight is 1520 g/mol. The number of H-pyrrole nitrogens is 2. The summed E-state index contributed by atoms with van der Waals surface area (Å²) < 4.78 is 0. The Morgan fingerprint density at radius 2 is 0.649 bits per heavy atom. The number of benzene rings is 5. The zero-order valence-electron chi connectivity index (χ0n) is 62.7. The maximum absolute atomic E-state index is 15.4. The first-order chi connectivity index (χ1) is 53.5. The first-order valence-corrected chi connectivity index (χ1v) is 37.3. The van der Waals surface area contributed by atoms with Gasteiger partial charge in [0.05, 0.1) is 0 Å². The summed E-state index contributed by atoms with van der Waals surface area (Å²) >= 11 is 0. The van der Waals surface area contributed by atoms with Crippen LogP contribution in [0.4, 0.5) is 0 Å². The molecule has 0 aliphatic heterocycles. The van der Waals surface area contributed by atoms with E-state index in [1.807, 2.05) is 42.5 Å². The Kier molecular flexibility index (Phi) is 34.9. The molecule has 2 heterocycles. The number of fused-ring (bicyclic) bond motifs is 2. The molecule has 0 unspecified atom stereocenters. The van der Waals surface area contributed by atoms with Gasteiger partial charge in [-0.3, -0.25) is 52.7 Å². The van der Waals surface area contributed by atoms with Crippen molar-refractivity contribution in [2.24, 2.45) is 22.9 Å². The molecule has 30 heteroatoms. The molecule has 7 aromatic rings. The van der Waals surface area contributed by atoms with Gasteiger partial charge in [-0.05, 0) is 175 Å². The fraction of sp³-hybridized carbons (Fsp3) is 0.358. The summed E-state index contributed by atoms with van der Waals surface area (Å²) in [6, 6.07) is 29.2. The summed E-state index contributed by atoms with van der Waals surface area (Å²) in [5.41, 5.74) is 26.1. The normalized spacial score (nSPS) is 13.8. The lowest BCUT2D eigenvalue weighted by Crippen LogP contribution is -2.57. The summed E-state index contributed by atoms with van der Waals surface area (Å²) in [4.78, 5) is 177. The number of aromatic amines is 2. The van der Waals surface area contributed by atoms with Crippen LogP contribution in [0, 0.1) is 0 Å². The molecule has 0 saturated heterocycles. The largest absolute Gasteiger partial charge is 0.480 e. The molecule has 0 saturated carbocycles. The number of nitrogens with one attached hydrogen (secondary N) is 13. The summed E-state index contributed by atoms with van der Waals surface area (Å²) in [5.74, 6) is -10.5. The van der Waals surface area contributed by atoms with Crippen LogP contribution in [0.25, 0.3) is 40.0 Å².